The first-order valence-electron chi connectivity index (χ1n) is 10.0. The highest BCUT2D eigenvalue weighted by atomic mass is 19.1. The predicted molar refractivity (Wildman–Crippen MR) is 114 cm³/mol. The van der Waals surface area contributed by atoms with Crippen LogP contribution < -0.4 is 10.2 Å². The lowest BCUT2D eigenvalue weighted by Gasteiger charge is -2.22. The zero-order chi connectivity index (χ0) is 22.0. The van der Waals surface area contributed by atoms with Gasteiger partial charge in [-0.15, -0.1) is 0 Å². The zero-order valence-electron chi connectivity index (χ0n) is 17.5. The second-order valence-electron chi connectivity index (χ2n) is 7.72. The first kappa shape index (κ1) is 20.6. The van der Waals surface area contributed by atoms with Gasteiger partial charge in [-0.25, -0.2) is 24.1 Å². The van der Waals surface area contributed by atoms with Crippen molar-refractivity contribution in [2.75, 3.05) is 16.8 Å². The molecule has 0 unspecified atom stereocenters. The molecule has 0 bridgehead atoms. The van der Waals surface area contributed by atoms with E-state index in [-0.39, 0.29) is 23.7 Å². The molecule has 3 aromatic rings. The van der Waals surface area contributed by atoms with Crippen LogP contribution in [0.3, 0.4) is 0 Å². The Labute approximate surface area is 179 Å². The predicted octanol–water partition coefficient (Wildman–Crippen LogP) is 3.97. The molecule has 1 aliphatic heterocycles. The Morgan fingerprint density at radius 1 is 1.19 bits per heavy atom. The molecule has 1 N–H and O–H groups in total. The van der Waals surface area contributed by atoms with Crippen molar-refractivity contribution in [1.29, 1.82) is 0 Å². The smallest absolute Gasteiger partial charge is 0.417 e. The van der Waals surface area contributed by atoms with Crippen LogP contribution in [0.1, 0.15) is 25.1 Å². The number of carbonyl (C=O) groups is 1. The highest BCUT2D eigenvalue weighted by Gasteiger charge is 2.38. The highest BCUT2D eigenvalue weighted by molar-refractivity contribution is 5.88. The number of hydrogen-bond donors (Lipinski definition) is 1. The van der Waals surface area contributed by atoms with Crippen LogP contribution in [0.25, 0.3) is 11.1 Å². The van der Waals surface area contributed by atoms with Crippen LogP contribution in [0.15, 0.2) is 42.9 Å². The summed E-state index contributed by atoms with van der Waals surface area (Å²) in [6.45, 7) is 6.48. The Morgan fingerprint density at radius 2 is 2.00 bits per heavy atom. The van der Waals surface area contributed by atoms with E-state index in [0.717, 1.165) is 16.8 Å². The Balaban J connectivity index is 1.44. The first-order valence-corrected chi connectivity index (χ1v) is 10.0. The molecule has 4 rings (SSSR count). The van der Waals surface area contributed by atoms with Crippen LogP contribution in [-0.4, -0.2) is 38.7 Å². The number of rotatable bonds is 6. The number of halogens is 1. The molecule has 1 fully saturated rings. The lowest BCUT2D eigenvalue weighted by molar-refractivity contribution is 0.177. The lowest BCUT2D eigenvalue weighted by atomic mass is 10.0. The molecule has 2 aromatic heterocycles. The summed E-state index contributed by atoms with van der Waals surface area (Å²) in [6.07, 6.45) is 2.65. The van der Waals surface area contributed by atoms with Gasteiger partial charge in [0.25, 0.3) is 0 Å². The average Bonchev–Trinajstić information content (AvgIpc) is 3.16. The second-order valence-corrected chi connectivity index (χ2v) is 7.72. The van der Waals surface area contributed by atoms with Crippen molar-refractivity contribution < 1.29 is 13.9 Å². The Kier molecular flexibility index (Phi) is 5.75. The third-order valence-corrected chi connectivity index (χ3v) is 5.19. The summed E-state index contributed by atoms with van der Waals surface area (Å²) in [5.74, 6) is 0.573. The topological polar surface area (TPSA) is 93.1 Å². The summed E-state index contributed by atoms with van der Waals surface area (Å²) in [6, 6.07) is 8.69. The van der Waals surface area contributed by atoms with Crippen LogP contribution in [0.5, 0.6) is 0 Å². The summed E-state index contributed by atoms with van der Waals surface area (Å²) in [5.41, 5.74) is 3.19. The number of anilines is 2. The molecule has 1 atom stereocenters. The van der Waals surface area contributed by atoms with E-state index in [0.29, 0.717) is 24.7 Å². The summed E-state index contributed by atoms with van der Waals surface area (Å²) < 4.78 is 18.6. The van der Waals surface area contributed by atoms with Gasteiger partial charge in [0.05, 0.1) is 18.3 Å². The van der Waals surface area contributed by atoms with Crippen LogP contribution >= 0.6 is 0 Å². The fraction of sp³-hybridized carbons (Fsp3) is 0.318. The Hall–Kier alpha value is -3.62. The second kappa shape index (κ2) is 8.63. The molecule has 1 aliphatic rings. The zero-order valence-corrected chi connectivity index (χ0v) is 17.5. The van der Waals surface area contributed by atoms with Gasteiger partial charge < -0.3 is 10.1 Å². The lowest BCUT2D eigenvalue weighted by Crippen LogP contribution is -2.38. The maximum Gasteiger partial charge on any atom is 0.417 e. The van der Waals surface area contributed by atoms with Crippen molar-refractivity contribution in [1.82, 2.24) is 19.9 Å². The molecule has 1 amide bonds. The van der Waals surface area contributed by atoms with Crippen molar-refractivity contribution in [3.8, 4) is 11.1 Å². The van der Waals surface area contributed by atoms with E-state index in [2.05, 4.69) is 25.3 Å². The average molecular weight is 422 g/mol. The molecule has 3 heterocycles. The maximum absolute atomic E-state index is 13.5. The molecular formula is C22H23FN6O2. The summed E-state index contributed by atoms with van der Waals surface area (Å²) >= 11 is 0. The van der Waals surface area contributed by atoms with Crippen LogP contribution in [-0.2, 0) is 11.3 Å². The number of benzene rings is 1. The molecule has 9 heteroatoms. The third kappa shape index (κ3) is 4.45. The number of hydrogen-bond acceptors (Lipinski definition) is 7. The largest absolute Gasteiger partial charge is 0.447 e. The summed E-state index contributed by atoms with van der Waals surface area (Å²) in [5, 5.41) is 3.11. The minimum atomic E-state index is -0.455. The molecule has 8 nitrogen and oxygen atoms in total. The van der Waals surface area contributed by atoms with Gasteiger partial charge >= 0.3 is 6.09 Å². The molecule has 1 saturated heterocycles. The molecule has 0 spiro atoms. The van der Waals surface area contributed by atoms with Crippen molar-refractivity contribution in [2.45, 2.75) is 33.4 Å². The number of carbonyl (C=O) groups excluding carboxylic acids is 1. The van der Waals surface area contributed by atoms with E-state index in [1.54, 1.807) is 25.3 Å². The van der Waals surface area contributed by atoms with Crippen molar-refractivity contribution in [2.24, 2.45) is 5.92 Å². The number of cyclic esters (lactones) is 1. The summed E-state index contributed by atoms with van der Waals surface area (Å²) in [7, 11) is 0. The van der Waals surface area contributed by atoms with Gasteiger partial charge in [-0.1, -0.05) is 26.0 Å². The van der Waals surface area contributed by atoms with E-state index in [1.807, 2.05) is 26.0 Å². The number of nitrogens with zero attached hydrogens (tertiary/aromatic N) is 5. The van der Waals surface area contributed by atoms with Crippen molar-refractivity contribution in [3.63, 3.8) is 0 Å². The minimum absolute atomic E-state index is 0.118. The summed E-state index contributed by atoms with van der Waals surface area (Å²) in [4.78, 5) is 30.7. The minimum Gasteiger partial charge on any atom is -0.447 e. The SMILES string of the molecule is Cc1cc(-c2ccc(CNc3ncnc(N4C(=O)OC[C@@H]4C(C)C)n3)nc2)ccc1F. The van der Waals surface area contributed by atoms with E-state index in [4.69, 9.17) is 4.74 Å². The van der Waals surface area contributed by atoms with Gasteiger partial charge in [0, 0.05) is 11.8 Å². The Morgan fingerprint density at radius 3 is 2.71 bits per heavy atom. The fourth-order valence-corrected chi connectivity index (χ4v) is 3.34. The molecule has 1 aromatic carbocycles. The van der Waals surface area contributed by atoms with Crippen LogP contribution in [0, 0.1) is 18.7 Å². The molecule has 0 radical (unpaired) electrons. The number of pyridine rings is 1. The Bertz CT molecular complexity index is 1090. The van der Waals surface area contributed by atoms with E-state index in [9.17, 15) is 9.18 Å². The number of nitrogens with one attached hydrogen (secondary N) is 1. The third-order valence-electron chi connectivity index (χ3n) is 5.19. The normalized spacial score (nSPS) is 16.0. The first-order chi connectivity index (χ1) is 14.9. The highest BCUT2D eigenvalue weighted by Crippen LogP contribution is 2.25. The van der Waals surface area contributed by atoms with Gasteiger partial charge in [0.1, 0.15) is 18.8 Å². The standard InChI is InChI=1S/C22H23FN6O2/c1-13(2)19-11-31-22(30)29(19)21-27-12-26-20(28-21)25-10-17-6-4-16(9-24-17)15-5-7-18(23)14(3)8-15/h4-9,12-13,19H,10-11H2,1-3H3,(H,25,26,27,28)/t19-/m1/s1. The number of aromatic nitrogens is 4. The molecule has 0 saturated carbocycles. The number of amides is 1. The van der Waals surface area contributed by atoms with Gasteiger partial charge in [0.2, 0.25) is 11.9 Å². The molecule has 0 aliphatic carbocycles. The number of ether oxygens (including phenoxy) is 1. The van der Waals surface area contributed by atoms with Crippen LogP contribution in [0.4, 0.5) is 21.1 Å². The maximum atomic E-state index is 13.5. The van der Waals surface area contributed by atoms with Gasteiger partial charge in [0.15, 0.2) is 0 Å². The molecule has 160 valence electrons. The van der Waals surface area contributed by atoms with Gasteiger partial charge in [-0.2, -0.15) is 4.98 Å². The molecule has 31 heavy (non-hydrogen) atoms. The quantitative estimate of drug-likeness (QED) is 0.642. The van der Waals surface area contributed by atoms with Crippen molar-refractivity contribution >= 4 is 18.0 Å². The van der Waals surface area contributed by atoms with E-state index >= 15 is 0 Å². The van der Waals surface area contributed by atoms with E-state index < -0.39 is 6.09 Å². The fourth-order valence-electron chi connectivity index (χ4n) is 3.34. The van der Waals surface area contributed by atoms with Crippen molar-refractivity contribution in [3.05, 3.63) is 59.9 Å². The van der Waals surface area contributed by atoms with E-state index in [1.165, 1.54) is 17.3 Å². The number of aryl methyl sites for hydroxylation is 1. The monoisotopic (exact) mass is 422 g/mol. The van der Waals surface area contributed by atoms with Crippen LogP contribution in [0.2, 0.25) is 0 Å². The van der Waals surface area contributed by atoms with Gasteiger partial charge in [-0.3, -0.25) is 4.98 Å². The van der Waals surface area contributed by atoms with Gasteiger partial charge in [-0.05, 0) is 42.2 Å². The molecular weight excluding hydrogens is 399 g/mol.